The molecule has 2 heterocycles. The Labute approximate surface area is 162 Å². The predicted molar refractivity (Wildman–Crippen MR) is 111 cm³/mol. The molecule has 2 aromatic heterocycles. The lowest BCUT2D eigenvalue weighted by molar-refractivity contribution is 0.0957. The second kappa shape index (κ2) is 8.14. The number of amides is 1. The molecule has 0 saturated carbocycles. The number of rotatable bonds is 5. The van der Waals surface area contributed by atoms with Crippen molar-refractivity contribution in [3.63, 3.8) is 0 Å². The predicted octanol–water partition coefficient (Wildman–Crippen LogP) is 4.92. The summed E-state index contributed by atoms with van der Waals surface area (Å²) in [6.45, 7) is 0. The number of nitrogens with one attached hydrogen (secondary N) is 1. The van der Waals surface area contributed by atoms with Crippen LogP contribution >= 0.6 is 0 Å². The molecule has 5 nitrogen and oxygen atoms in total. The van der Waals surface area contributed by atoms with Crippen LogP contribution in [0.25, 0.3) is 28.2 Å². The molecule has 4 aromatic rings. The molecule has 0 bridgehead atoms. The SMILES string of the molecule is O=C(NN=CC=Cc1ccco1)c1cc(-c2ccccc2)nc2ccccc12. The number of carbonyl (C=O) groups is 1. The van der Waals surface area contributed by atoms with E-state index < -0.39 is 0 Å². The van der Waals surface area contributed by atoms with Gasteiger partial charge in [-0.05, 0) is 36.4 Å². The van der Waals surface area contributed by atoms with Crippen molar-refractivity contribution in [2.45, 2.75) is 0 Å². The van der Waals surface area contributed by atoms with Crippen molar-refractivity contribution in [1.29, 1.82) is 0 Å². The van der Waals surface area contributed by atoms with E-state index in [2.05, 4.69) is 15.5 Å². The minimum absolute atomic E-state index is 0.293. The summed E-state index contributed by atoms with van der Waals surface area (Å²) in [6.07, 6.45) is 6.55. The zero-order chi connectivity index (χ0) is 19.2. The van der Waals surface area contributed by atoms with Crippen LogP contribution in [0, 0.1) is 0 Å². The molecule has 0 atom stereocenters. The number of para-hydroxylation sites is 1. The van der Waals surface area contributed by atoms with Gasteiger partial charge in [-0.25, -0.2) is 10.4 Å². The second-order valence-corrected chi connectivity index (χ2v) is 6.03. The number of fused-ring (bicyclic) bond motifs is 1. The average Bonchev–Trinajstić information content (AvgIpc) is 3.27. The first kappa shape index (κ1) is 17.4. The lowest BCUT2D eigenvalue weighted by Crippen LogP contribution is -2.18. The first-order chi connectivity index (χ1) is 13.8. The topological polar surface area (TPSA) is 67.5 Å². The number of hydrogen-bond donors (Lipinski definition) is 1. The molecule has 1 amide bonds. The van der Waals surface area contributed by atoms with Gasteiger partial charge in [0.1, 0.15) is 5.76 Å². The minimum atomic E-state index is -0.293. The van der Waals surface area contributed by atoms with Gasteiger partial charge < -0.3 is 4.42 Å². The lowest BCUT2D eigenvalue weighted by Gasteiger charge is -2.08. The summed E-state index contributed by atoms with van der Waals surface area (Å²) in [6, 6.07) is 22.8. The van der Waals surface area contributed by atoms with Crippen molar-refractivity contribution >= 4 is 29.1 Å². The van der Waals surface area contributed by atoms with E-state index in [1.54, 1.807) is 30.5 Å². The van der Waals surface area contributed by atoms with Gasteiger partial charge in [0.2, 0.25) is 0 Å². The van der Waals surface area contributed by atoms with E-state index in [1.165, 1.54) is 6.21 Å². The highest BCUT2D eigenvalue weighted by Gasteiger charge is 2.13. The van der Waals surface area contributed by atoms with Crippen LogP contribution in [-0.4, -0.2) is 17.1 Å². The molecule has 0 unspecified atom stereocenters. The molecule has 0 radical (unpaired) electrons. The van der Waals surface area contributed by atoms with Crippen LogP contribution in [0.1, 0.15) is 16.1 Å². The molecule has 0 aliphatic heterocycles. The van der Waals surface area contributed by atoms with Gasteiger partial charge in [0.15, 0.2) is 0 Å². The standard InChI is InChI=1S/C23H17N3O2/c27-23(26-24-14-6-10-18-11-7-15-28-18)20-16-22(17-8-2-1-3-9-17)25-21-13-5-4-12-19(20)21/h1-16H,(H,26,27). The number of benzene rings is 2. The molecule has 0 fully saturated rings. The van der Waals surface area contributed by atoms with Crippen LogP contribution in [-0.2, 0) is 0 Å². The number of nitrogens with zero attached hydrogens (tertiary/aromatic N) is 2. The van der Waals surface area contributed by atoms with E-state index in [9.17, 15) is 4.79 Å². The summed E-state index contributed by atoms with van der Waals surface area (Å²) in [7, 11) is 0. The average molecular weight is 367 g/mol. The third-order valence-corrected chi connectivity index (χ3v) is 4.16. The van der Waals surface area contributed by atoms with Crippen molar-refractivity contribution in [3.8, 4) is 11.3 Å². The number of hydrogen-bond acceptors (Lipinski definition) is 4. The molecule has 0 spiro atoms. The van der Waals surface area contributed by atoms with Crippen LogP contribution in [0.15, 0.2) is 94.7 Å². The fraction of sp³-hybridized carbons (Fsp3) is 0. The largest absolute Gasteiger partial charge is 0.465 e. The summed E-state index contributed by atoms with van der Waals surface area (Å²) in [5, 5.41) is 4.76. The van der Waals surface area contributed by atoms with E-state index >= 15 is 0 Å². The third kappa shape index (κ3) is 3.88. The van der Waals surface area contributed by atoms with E-state index in [1.807, 2.05) is 60.7 Å². The first-order valence-corrected chi connectivity index (χ1v) is 8.80. The molecule has 0 aliphatic rings. The van der Waals surface area contributed by atoms with Crippen molar-refractivity contribution < 1.29 is 9.21 Å². The highest BCUT2D eigenvalue weighted by atomic mass is 16.3. The number of furan rings is 1. The van der Waals surface area contributed by atoms with Crippen LogP contribution in [0.3, 0.4) is 0 Å². The van der Waals surface area contributed by atoms with E-state index in [4.69, 9.17) is 4.42 Å². The third-order valence-electron chi connectivity index (χ3n) is 4.16. The van der Waals surface area contributed by atoms with Gasteiger partial charge in [-0.3, -0.25) is 4.79 Å². The summed E-state index contributed by atoms with van der Waals surface area (Å²) >= 11 is 0. The summed E-state index contributed by atoms with van der Waals surface area (Å²) in [4.78, 5) is 17.4. The zero-order valence-corrected chi connectivity index (χ0v) is 14.9. The number of pyridine rings is 1. The second-order valence-electron chi connectivity index (χ2n) is 6.03. The quantitative estimate of drug-likeness (QED) is 0.402. The normalized spacial score (nSPS) is 11.4. The minimum Gasteiger partial charge on any atom is -0.465 e. The smallest absolute Gasteiger partial charge is 0.272 e. The number of hydrazone groups is 1. The van der Waals surface area contributed by atoms with Gasteiger partial charge in [0.25, 0.3) is 5.91 Å². The van der Waals surface area contributed by atoms with Gasteiger partial charge in [0, 0.05) is 17.2 Å². The number of aromatic nitrogens is 1. The number of allylic oxidation sites excluding steroid dienone is 1. The van der Waals surface area contributed by atoms with Crippen LogP contribution in [0.5, 0.6) is 0 Å². The Morgan fingerprint density at radius 2 is 1.82 bits per heavy atom. The lowest BCUT2D eigenvalue weighted by atomic mass is 10.0. The highest BCUT2D eigenvalue weighted by Crippen LogP contribution is 2.24. The van der Waals surface area contributed by atoms with Gasteiger partial charge in [-0.2, -0.15) is 5.10 Å². The molecule has 0 aliphatic carbocycles. The van der Waals surface area contributed by atoms with Crippen LogP contribution < -0.4 is 5.43 Å². The van der Waals surface area contributed by atoms with Crippen LogP contribution in [0.4, 0.5) is 0 Å². The Kier molecular flexibility index (Phi) is 5.06. The van der Waals surface area contributed by atoms with Crippen molar-refractivity contribution in [2.24, 2.45) is 5.10 Å². The van der Waals surface area contributed by atoms with E-state index in [0.29, 0.717) is 11.3 Å². The van der Waals surface area contributed by atoms with Gasteiger partial charge in [-0.15, -0.1) is 0 Å². The van der Waals surface area contributed by atoms with E-state index in [-0.39, 0.29) is 5.91 Å². The molecule has 1 N–H and O–H groups in total. The molecular weight excluding hydrogens is 350 g/mol. The summed E-state index contributed by atoms with van der Waals surface area (Å²) < 4.78 is 5.19. The summed E-state index contributed by atoms with van der Waals surface area (Å²) in [5.74, 6) is 0.420. The summed E-state index contributed by atoms with van der Waals surface area (Å²) in [5.41, 5.74) is 5.55. The Balaban J connectivity index is 1.60. The van der Waals surface area contributed by atoms with Crippen molar-refractivity contribution in [3.05, 3.63) is 96.5 Å². The molecule has 136 valence electrons. The van der Waals surface area contributed by atoms with Gasteiger partial charge >= 0.3 is 0 Å². The molecule has 2 aromatic carbocycles. The molecule has 0 saturated heterocycles. The molecule has 5 heteroatoms. The zero-order valence-electron chi connectivity index (χ0n) is 14.9. The molecule has 28 heavy (non-hydrogen) atoms. The number of carbonyl (C=O) groups excluding carboxylic acids is 1. The monoisotopic (exact) mass is 367 g/mol. The first-order valence-electron chi connectivity index (χ1n) is 8.80. The fourth-order valence-electron chi connectivity index (χ4n) is 2.84. The van der Waals surface area contributed by atoms with Crippen molar-refractivity contribution in [1.82, 2.24) is 10.4 Å². The van der Waals surface area contributed by atoms with Crippen molar-refractivity contribution in [2.75, 3.05) is 0 Å². The Morgan fingerprint density at radius 1 is 1.00 bits per heavy atom. The van der Waals surface area contributed by atoms with Gasteiger partial charge in [0.05, 0.1) is 23.0 Å². The maximum absolute atomic E-state index is 12.7. The Morgan fingerprint density at radius 3 is 2.64 bits per heavy atom. The van der Waals surface area contributed by atoms with Gasteiger partial charge in [-0.1, -0.05) is 48.5 Å². The maximum atomic E-state index is 12.7. The highest BCUT2D eigenvalue weighted by molar-refractivity contribution is 6.07. The Bertz CT molecular complexity index is 1150. The van der Waals surface area contributed by atoms with Crippen LogP contribution in [0.2, 0.25) is 0 Å². The maximum Gasteiger partial charge on any atom is 0.272 e. The molecule has 4 rings (SSSR count). The molecular formula is C23H17N3O2. The Hall–Kier alpha value is -3.99. The fourth-order valence-corrected chi connectivity index (χ4v) is 2.84. The van der Waals surface area contributed by atoms with E-state index in [0.717, 1.165) is 22.2 Å².